The molecular formula is C24H26Cl2N2O2. The van der Waals surface area contributed by atoms with E-state index < -0.39 is 5.41 Å². The van der Waals surface area contributed by atoms with Crippen molar-refractivity contribution in [1.82, 2.24) is 0 Å². The van der Waals surface area contributed by atoms with Gasteiger partial charge in [-0.1, -0.05) is 55.5 Å². The second-order valence-corrected chi connectivity index (χ2v) is 8.72. The molecule has 1 amide bonds. The van der Waals surface area contributed by atoms with Crippen molar-refractivity contribution in [3.05, 3.63) is 57.6 Å². The molecule has 0 unspecified atom stereocenters. The van der Waals surface area contributed by atoms with Crippen molar-refractivity contribution >= 4 is 34.8 Å². The van der Waals surface area contributed by atoms with Gasteiger partial charge in [-0.05, 0) is 56.0 Å². The Balaban J connectivity index is 1.92. The average Bonchev–Trinajstić information content (AvgIpc) is 2.75. The Labute approximate surface area is 188 Å². The summed E-state index contributed by atoms with van der Waals surface area (Å²) >= 11 is 12.6. The number of carbonyl (C=O) groups is 1. The molecule has 2 aromatic rings. The fourth-order valence-electron chi connectivity index (χ4n) is 4.01. The summed E-state index contributed by atoms with van der Waals surface area (Å²) in [6.45, 7) is 4.01. The Morgan fingerprint density at radius 2 is 1.93 bits per heavy atom. The minimum Gasteiger partial charge on any atom is -0.491 e. The highest BCUT2D eigenvalue weighted by molar-refractivity contribution is 6.35. The average molecular weight is 445 g/mol. The van der Waals surface area contributed by atoms with Crippen LogP contribution < -0.4 is 10.1 Å². The van der Waals surface area contributed by atoms with Crippen LogP contribution in [-0.2, 0) is 10.2 Å². The molecule has 1 N–H and O–H groups in total. The Morgan fingerprint density at radius 3 is 2.57 bits per heavy atom. The molecule has 30 heavy (non-hydrogen) atoms. The maximum atomic E-state index is 13.6. The smallest absolute Gasteiger partial charge is 0.235 e. The molecule has 4 nitrogen and oxygen atoms in total. The van der Waals surface area contributed by atoms with Gasteiger partial charge in [-0.25, -0.2) is 0 Å². The summed E-state index contributed by atoms with van der Waals surface area (Å²) in [5, 5.41) is 13.7. The first-order valence-electron chi connectivity index (χ1n) is 10.4. The van der Waals surface area contributed by atoms with Crippen molar-refractivity contribution < 1.29 is 9.53 Å². The van der Waals surface area contributed by atoms with Crippen LogP contribution in [0.4, 0.5) is 5.69 Å². The van der Waals surface area contributed by atoms with E-state index in [2.05, 4.69) is 11.4 Å². The number of carbonyl (C=O) groups excluding carboxylic acids is 1. The van der Waals surface area contributed by atoms with E-state index in [1.807, 2.05) is 19.9 Å². The van der Waals surface area contributed by atoms with Crippen LogP contribution in [0.15, 0.2) is 36.4 Å². The van der Waals surface area contributed by atoms with Crippen molar-refractivity contribution in [3.63, 3.8) is 0 Å². The largest absolute Gasteiger partial charge is 0.491 e. The Kier molecular flexibility index (Phi) is 7.28. The van der Waals surface area contributed by atoms with E-state index in [0.29, 0.717) is 39.9 Å². The first kappa shape index (κ1) is 22.5. The molecule has 1 fully saturated rings. The molecule has 1 atom stereocenters. The molecule has 1 aliphatic carbocycles. The van der Waals surface area contributed by atoms with E-state index in [0.717, 1.165) is 31.2 Å². The van der Waals surface area contributed by atoms with Crippen LogP contribution in [-0.4, -0.2) is 12.0 Å². The van der Waals surface area contributed by atoms with Gasteiger partial charge in [-0.2, -0.15) is 5.26 Å². The Bertz CT molecular complexity index is 962. The van der Waals surface area contributed by atoms with Crippen LogP contribution in [0.3, 0.4) is 0 Å². The highest BCUT2D eigenvalue weighted by Gasteiger charge is 2.42. The van der Waals surface area contributed by atoms with Crippen molar-refractivity contribution in [2.75, 3.05) is 5.32 Å². The molecule has 6 heteroatoms. The third-order valence-corrected chi connectivity index (χ3v) is 6.41. The number of benzene rings is 2. The van der Waals surface area contributed by atoms with Crippen molar-refractivity contribution in [1.29, 1.82) is 5.26 Å². The Hall–Kier alpha value is -2.22. The predicted molar refractivity (Wildman–Crippen MR) is 121 cm³/mol. The van der Waals surface area contributed by atoms with Crippen LogP contribution in [0.2, 0.25) is 10.0 Å². The zero-order valence-corrected chi connectivity index (χ0v) is 18.8. The number of nitrogens with zero attached hydrogens (tertiary/aromatic N) is 1. The van der Waals surface area contributed by atoms with E-state index in [9.17, 15) is 10.1 Å². The molecule has 2 aromatic carbocycles. The minimum atomic E-state index is -0.738. The minimum absolute atomic E-state index is 0.0505. The number of amides is 1. The third-order valence-electron chi connectivity index (χ3n) is 5.86. The quantitative estimate of drug-likeness (QED) is 0.527. The van der Waals surface area contributed by atoms with Gasteiger partial charge >= 0.3 is 0 Å². The predicted octanol–water partition coefficient (Wildman–Crippen LogP) is 6.88. The monoisotopic (exact) mass is 444 g/mol. The standard InChI is InChI=1S/C24H26Cl2N2O2/c1-3-16(2)30-19-8-10-22(17(13-19)15-27)28-23(29)24(11-5-4-6-12-24)20-9-7-18(25)14-21(20)26/h7-10,13-14,16H,3-6,11-12H2,1-2H3,(H,28,29)/t16-/m1/s1. The van der Waals surface area contributed by atoms with E-state index >= 15 is 0 Å². The number of ether oxygens (including phenoxy) is 1. The highest BCUT2D eigenvalue weighted by Crippen LogP contribution is 2.44. The number of hydrogen-bond acceptors (Lipinski definition) is 3. The van der Waals surface area contributed by atoms with E-state index in [1.54, 1.807) is 30.3 Å². The summed E-state index contributed by atoms with van der Waals surface area (Å²) in [6, 6.07) is 12.7. The highest BCUT2D eigenvalue weighted by atomic mass is 35.5. The van der Waals surface area contributed by atoms with Crippen LogP contribution in [0.1, 0.15) is 63.5 Å². The molecule has 3 rings (SSSR count). The van der Waals surface area contributed by atoms with Gasteiger partial charge in [0.05, 0.1) is 22.8 Å². The lowest BCUT2D eigenvalue weighted by Gasteiger charge is -2.37. The van der Waals surface area contributed by atoms with E-state index in [4.69, 9.17) is 27.9 Å². The van der Waals surface area contributed by atoms with Crippen molar-refractivity contribution in [2.45, 2.75) is 63.9 Å². The lowest BCUT2D eigenvalue weighted by atomic mass is 9.68. The fourth-order valence-corrected chi connectivity index (χ4v) is 4.60. The number of hydrogen-bond donors (Lipinski definition) is 1. The SMILES string of the molecule is CC[C@@H](C)Oc1ccc(NC(=O)C2(c3ccc(Cl)cc3Cl)CCCCC2)c(C#N)c1. The molecule has 0 saturated heterocycles. The zero-order valence-electron chi connectivity index (χ0n) is 17.3. The van der Waals surface area contributed by atoms with Gasteiger partial charge in [0.15, 0.2) is 0 Å². The number of nitrogens with one attached hydrogen (secondary N) is 1. The van der Waals surface area contributed by atoms with E-state index in [-0.39, 0.29) is 12.0 Å². The molecule has 1 aliphatic rings. The molecule has 1 saturated carbocycles. The van der Waals surface area contributed by atoms with Crippen LogP contribution >= 0.6 is 23.2 Å². The fraction of sp³-hybridized carbons (Fsp3) is 0.417. The number of rotatable bonds is 6. The Morgan fingerprint density at radius 1 is 1.20 bits per heavy atom. The lowest BCUT2D eigenvalue weighted by molar-refractivity contribution is -0.122. The van der Waals surface area contributed by atoms with Gasteiger partial charge < -0.3 is 10.1 Å². The van der Waals surface area contributed by atoms with Crippen LogP contribution in [0.5, 0.6) is 5.75 Å². The second-order valence-electron chi connectivity index (χ2n) is 7.88. The van der Waals surface area contributed by atoms with Crippen molar-refractivity contribution in [2.24, 2.45) is 0 Å². The molecule has 0 bridgehead atoms. The zero-order chi connectivity index (χ0) is 21.7. The summed E-state index contributed by atoms with van der Waals surface area (Å²) in [6.07, 6.45) is 5.30. The van der Waals surface area contributed by atoms with Gasteiger partial charge in [0.2, 0.25) is 5.91 Å². The maximum Gasteiger partial charge on any atom is 0.235 e. The summed E-state index contributed by atoms with van der Waals surface area (Å²) in [4.78, 5) is 13.6. The first-order valence-corrected chi connectivity index (χ1v) is 11.1. The van der Waals surface area contributed by atoms with Crippen LogP contribution in [0.25, 0.3) is 0 Å². The van der Waals surface area contributed by atoms with Gasteiger partial charge in [-0.3, -0.25) is 4.79 Å². The topological polar surface area (TPSA) is 62.1 Å². The summed E-state index contributed by atoms with van der Waals surface area (Å²) in [7, 11) is 0. The number of nitriles is 1. The normalized spacial score (nSPS) is 16.4. The van der Waals surface area contributed by atoms with Crippen LogP contribution in [0, 0.1) is 11.3 Å². The molecule has 0 aliphatic heterocycles. The summed E-state index contributed by atoms with van der Waals surface area (Å²) in [5.74, 6) is 0.477. The number of halogens is 2. The maximum absolute atomic E-state index is 13.6. The third kappa shape index (κ3) is 4.74. The van der Waals surface area contributed by atoms with Gasteiger partial charge in [0.1, 0.15) is 11.8 Å². The van der Waals surface area contributed by atoms with E-state index in [1.165, 1.54) is 0 Å². The summed E-state index contributed by atoms with van der Waals surface area (Å²) < 4.78 is 5.80. The van der Waals surface area contributed by atoms with Gasteiger partial charge in [-0.15, -0.1) is 0 Å². The molecule has 0 radical (unpaired) electrons. The lowest BCUT2D eigenvalue weighted by Crippen LogP contribution is -2.42. The first-order chi connectivity index (χ1) is 14.4. The molecule has 158 valence electrons. The summed E-state index contributed by atoms with van der Waals surface area (Å²) in [5.41, 5.74) is 0.908. The molecule has 0 spiro atoms. The van der Waals surface area contributed by atoms with Crippen molar-refractivity contribution in [3.8, 4) is 11.8 Å². The second kappa shape index (κ2) is 9.73. The molecular weight excluding hydrogens is 419 g/mol. The molecule has 0 heterocycles. The number of anilines is 1. The molecule has 0 aromatic heterocycles. The van der Waals surface area contributed by atoms with Gasteiger partial charge in [0, 0.05) is 16.1 Å². The van der Waals surface area contributed by atoms with Gasteiger partial charge in [0.25, 0.3) is 0 Å².